The number of sulfone groups is 2. The number of hydrogen-bond donors (Lipinski definition) is 0. The second kappa shape index (κ2) is 26.0. The van der Waals surface area contributed by atoms with Gasteiger partial charge in [0.2, 0.25) is 0 Å². The molecule has 0 unspecified atom stereocenters. The van der Waals surface area contributed by atoms with Gasteiger partial charge in [-0.2, -0.15) is 26.3 Å². The lowest BCUT2D eigenvalue weighted by molar-refractivity contribution is -0.137. The third-order valence-corrected chi connectivity index (χ3v) is 16.1. The Labute approximate surface area is 474 Å². The van der Waals surface area contributed by atoms with Crippen LogP contribution in [0, 0.1) is 13.1 Å². The van der Waals surface area contributed by atoms with Crippen molar-refractivity contribution in [3.63, 3.8) is 0 Å². The highest BCUT2D eigenvalue weighted by Crippen LogP contribution is 2.45. The predicted octanol–water partition coefficient (Wildman–Crippen LogP) is 16.6. The molecule has 1 saturated carbocycles. The Bertz CT molecular complexity index is 3710. The fraction of sp³-hybridized carbons (Fsp3) is 0.254. The van der Waals surface area contributed by atoms with Crippen molar-refractivity contribution in [1.29, 1.82) is 0 Å². The van der Waals surface area contributed by atoms with Gasteiger partial charge in [-0.1, -0.05) is 124 Å². The lowest BCUT2D eigenvalue weighted by Crippen LogP contribution is -2.17. The molecule has 0 atom stereocenters. The Morgan fingerprint density at radius 2 is 0.987 bits per heavy atom. The van der Waals surface area contributed by atoms with Gasteiger partial charge in [0, 0.05) is 70.9 Å². The third-order valence-electron chi connectivity index (χ3n) is 12.8. The molecule has 0 bridgehead atoms. The molecule has 2 aromatic heterocycles. The Morgan fingerprint density at radius 3 is 1.38 bits per heavy atom. The molecule has 1 fully saturated rings. The van der Waals surface area contributed by atoms with E-state index in [1.165, 1.54) is 59.9 Å². The quantitative estimate of drug-likeness (QED) is 0.0492. The number of halogens is 8. The van der Waals surface area contributed by atoms with Crippen molar-refractivity contribution >= 4 is 51.5 Å². The fourth-order valence-corrected chi connectivity index (χ4v) is 11.0. The fourth-order valence-electron chi connectivity index (χ4n) is 8.83. The lowest BCUT2D eigenvalue weighted by Gasteiger charge is -2.14. The summed E-state index contributed by atoms with van der Waals surface area (Å²) in [4.78, 5) is 16.6. The van der Waals surface area contributed by atoms with Crippen LogP contribution in [-0.4, -0.2) is 59.1 Å². The van der Waals surface area contributed by atoms with Crippen LogP contribution in [0.1, 0.15) is 68.5 Å². The van der Waals surface area contributed by atoms with Gasteiger partial charge in [0.25, 0.3) is 12.1 Å². The van der Waals surface area contributed by atoms with Gasteiger partial charge < -0.3 is 9.69 Å². The van der Waals surface area contributed by atoms with E-state index in [0.717, 1.165) is 59.3 Å². The lowest BCUT2D eigenvalue weighted by atomic mass is 9.95. The monoisotopic (exact) mass is 1250 g/mol. The van der Waals surface area contributed by atoms with Gasteiger partial charge in [-0.25, -0.2) is 39.9 Å². The number of unbranched alkanes of at least 4 members (excludes halogenated alkanes) is 1. The molecule has 0 saturated heterocycles. The average Bonchev–Trinajstić information content (AvgIpc) is 4.27. The van der Waals surface area contributed by atoms with Crippen LogP contribution in [0.25, 0.3) is 66.1 Å². The van der Waals surface area contributed by atoms with Crippen LogP contribution in [-0.2, 0) is 44.1 Å². The Hall–Kier alpha value is -6.84. The maximum absolute atomic E-state index is 13.9. The highest BCUT2D eigenvalue weighted by atomic mass is 79.9. The zero-order valence-corrected chi connectivity index (χ0v) is 46.8. The van der Waals surface area contributed by atoms with Crippen molar-refractivity contribution in [3.05, 3.63) is 203 Å². The van der Waals surface area contributed by atoms with Crippen molar-refractivity contribution in [2.75, 3.05) is 23.2 Å². The Balaban J connectivity index is 0.000000230. The van der Waals surface area contributed by atoms with E-state index in [1.807, 2.05) is 0 Å². The zero-order valence-electron chi connectivity index (χ0n) is 42.0. The van der Waals surface area contributed by atoms with E-state index in [2.05, 4.69) is 51.5 Å². The number of aromatic nitrogens is 4. The van der Waals surface area contributed by atoms with Crippen molar-refractivity contribution in [1.82, 2.24) is 19.1 Å². The Kier molecular flexibility index (Phi) is 20.2. The first kappa shape index (κ1) is 61.4. The highest BCUT2D eigenvalue weighted by molar-refractivity contribution is 9.09. The number of hydrogen-bond acceptors (Lipinski definition) is 6. The first-order valence-corrected chi connectivity index (χ1v) is 30.2. The van der Waals surface area contributed by atoms with E-state index < -0.39 is 48.7 Å². The molecule has 1 aliphatic carbocycles. The summed E-state index contributed by atoms with van der Waals surface area (Å²) in [7, 11) is -6.75. The molecule has 6 aromatic carbocycles. The molecule has 20 heteroatoms. The summed E-state index contributed by atoms with van der Waals surface area (Å²) in [6.45, 7) is 14.9. The minimum Gasteiger partial charge on any atom is -0.310 e. The number of rotatable bonds is 13. The smallest absolute Gasteiger partial charge is 0.310 e. The molecule has 10 nitrogen and oxygen atoms in total. The number of imidazole rings is 2. The highest BCUT2D eigenvalue weighted by Gasteiger charge is 2.45. The van der Waals surface area contributed by atoms with Crippen LogP contribution < -0.4 is 0 Å². The number of nitrogens with zero attached hydrogens (tertiary/aromatic N) is 6. The predicted molar refractivity (Wildman–Crippen MR) is 306 cm³/mol. The summed E-state index contributed by atoms with van der Waals surface area (Å²) in [5.74, 6) is 0.202. The van der Waals surface area contributed by atoms with E-state index in [4.69, 9.17) is 13.1 Å². The summed E-state index contributed by atoms with van der Waals surface area (Å²) in [6, 6.07) is 37.6. The molecule has 412 valence electrons. The van der Waals surface area contributed by atoms with Gasteiger partial charge in [-0.05, 0) is 109 Å². The van der Waals surface area contributed by atoms with E-state index in [9.17, 15) is 43.2 Å². The molecule has 9 rings (SSSR count). The number of alkyl halides is 8. The molecule has 0 radical (unpaired) electrons. The van der Waals surface area contributed by atoms with Gasteiger partial charge >= 0.3 is 12.4 Å². The molecule has 1 aliphatic rings. The molecular formula is C59H54Br2F6N6O4S2. The van der Waals surface area contributed by atoms with Crippen LogP contribution >= 0.6 is 31.9 Å². The van der Waals surface area contributed by atoms with Gasteiger partial charge in [0.15, 0.2) is 19.7 Å². The average molecular weight is 1250 g/mol. The molecule has 0 spiro atoms. The first-order valence-electron chi connectivity index (χ1n) is 24.2. The van der Waals surface area contributed by atoms with Crippen LogP contribution in [0.3, 0.4) is 0 Å². The molecule has 0 amide bonds. The molecule has 2 heterocycles. The summed E-state index contributed by atoms with van der Waals surface area (Å²) >= 11 is 6.66. The van der Waals surface area contributed by atoms with E-state index in [-0.39, 0.29) is 46.5 Å². The van der Waals surface area contributed by atoms with Crippen LogP contribution in [0.5, 0.6) is 0 Å². The van der Waals surface area contributed by atoms with Crippen LogP contribution in [0.4, 0.5) is 26.3 Å². The molecular weight excluding hydrogens is 1190 g/mol. The van der Waals surface area contributed by atoms with E-state index in [0.29, 0.717) is 46.7 Å². The standard InChI is InChI=1S/C29H24F3N3O2S.C25H18F3N3O2S.C4H8Br2.CH4/c1-33-28(16-5-6-17-28)26-19-35(27(34-26)24-10-3-4-11-25(24)29(30,31)32)22-14-12-20(13-15-22)21-8-7-9-23(18-21)38(2,36)37;1-29-15-19-16-31(24(30-19)22-8-3-4-9-23(22)25(26,27)28)20-12-10-17(11-13-20)18-6-5-7-21(14-18)34(2,32)33;5-3-1-2-4-6;/h3-4,7-15,18-19H,5-6,16-17H2,2H3;3-14,16H,15H2,2H3;1-4H2;1H4. The maximum Gasteiger partial charge on any atom is 0.417 e. The first-order chi connectivity index (χ1) is 37.0. The second-order valence-corrected chi connectivity index (χ2v) is 23.9. The second-order valence-electron chi connectivity index (χ2n) is 18.3. The topological polar surface area (TPSA) is 113 Å². The SMILES string of the molecule is BrCCCCBr.C.[C-]#[N+]C1(c2cn(-c3ccc(-c4cccc(S(C)(=O)=O)c4)cc3)c(-c3ccccc3C(F)(F)F)n2)CCCC1.[C-]#[N+]Cc1cn(-c2ccc(-c3cccc(S(C)(=O)=O)c3)cc2)c(-c2ccccc2C(F)(F)F)n1. The third kappa shape index (κ3) is 14.9. The van der Waals surface area contributed by atoms with Crippen molar-refractivity contribution in [2.24, 2.45) is 0 Å². The molecule has 8 aromatic rings. The van der Waals surface area contributed by atoms with E-state index in [1.54, 1.807) is 108 Å². The van der Waals surface area contributed by atoms with Crippen LogP contribution in [0.2, 0.25) is 0 Å². The largest absolute Gasteiger partial charge is 0.417 e. The maximum atomic E-state index is 13.9. The van der Waals surface area contributed by atoms with Gasteiger partial charge in [0.1, 0.15) is 23.0 Å². The summed E-state index contributed by atoms with van der Waals surface area (Å²) < 4.78 is 134. The normalized spacial score (nSPS) is 13.2. The van der Waals surface area contributed by atoms with Crippen LogP contribution in [0.15, 0.2) is 168 Å². The van der Waals surface area contributed by atoms with Crippen molar-refractivity contribution < 1.29 is 43.2 Å². The van der Waals surface area contributed by atoms with Crippen molar-refractivity contribution in [2.45, 2.75) is 80.2 Å². The minimum absolute atomic E-state index is 0. The number of benzene rings is 6. The Morgan fingerprint density at radius 1 is 0.570 bits per heavy atom. The van der Waals surface area contributed by atoms with Gasteiger partial charge in [-0.3, -0.25) is 9.13 Å². The van der Waals surface area contributed by atoms with E-state index >= 15 is 0 Å². The molecule has 0 aliphatic heterocycles. The summed E-state index contributed by atoms with van der Waals surface area (Å²) in [5, 5.41) is 2.28. The minimum atomic E-state index is -4.58. The van der Waals surface area contributed by atoms with Gasteiger partial charge in [-0.15, -0.1) is 0 Å². The zero-order chi connectivity index (χ0) is 56.5. The van der Waals surface area contributed by atoms with Gasteiger partial charge in [0.05, 0.1) is 20.9 Å². The van der Waals surface area contributed by atoms with Crippen molar-refractivity contribution in [3.8, 4) is 56.4 Å². The molecule has 79 heavy (non-hydrogen) atoms. The molecule has 0 N–H and O–H groups in total. The summed E-state index contributed by atoms with van der Waals surface area (Å²) in [6.07, 6.45) is 1.90. The summed E-state index contributed by atoms with van der Waals surface area (Å²) in [5.41, 5.74) is 2.25.